The second-order valence-electron chi connectivity index (χ2n) is 8.28. The van der Waals surface area contributed by atoms with Crippen molar-refractivity contribution in [3.8, 4) is 11.5 Å². The van der Waals surface area contributed by atoms with Gasteiger partial charge in [0.25, 0.3) is 0 Å². The van der Waals surface area contributed by atoms with Crippen molar-refractivity contribution >= 4 is 27.5 Å². The van der Waals surface area contributed by atoms with Crippen LogP contribution in [-0.4, -0.2) is 64.2 Å². The van der Waals surface area contributed by atoms with Gasteiger partial charge in [0.05, 0.1) is 25.7 Å². The first-order valence-corrected chi connectivity index (χ1v) is 13.9. The molecular weight excluding hydrogens is 482 g/mol. The lowest BCUT2D eigenvalue weighted by Crippen LogP contribution is -2.47. The van der Waals surface area contributed by atoms with Gasteiger partial charge in [0.15, 0.2) is 0 Å². The van der Waals surface area contributed by atoms with Gasteiger partial charge < -0.3 is 19.7 Å². The van der Waals surface area contributed by atoms with Crippen LogP contribution in [0.3, 0.4) is 0 Å². The summed E-state index contributed by atoms with van der Waals surface area (Å²) in [5, 5.41) is 2.76. The van der Waals surface area contributed by atoms with Gasteiger partial charge in [-0.25, -0.2) is 8.42 Å². The first kappa shape index (κ1) is 29.0. The Morgan fingerprint density at radius 3 is 2.31 bits per heavy atom. The molecule has 0 radical (unpaired) electrons. The summed E-state index contributed by atoms with van der Waals surface area (Å²) in [6.45, 7) is 6.52. The number of likely N-dealkylation sites (N-methyl/N-ethyl adjacent to an activating group) is 1. The third-order valence-corrected chi connectivity index (χ3v) is 6.80. The van der Waals surface area contributed by atoms with E-state index < -0.39 is 16.1 Å². The van der Waals surface area contributed by atoms with Crippen LogP contribution in [-0.2, 0) is 26.2 Å². The standard InChI is InChI=1S/C26H37N3O6S/c1-6-27-26(31)20(3)28(19-21-14-16-22(34-4)17-15-21)25(30)13-10-18-29(36(5,32)33)23-11-8-9-12-24(23)35-7-2/h8-9,11-12,14-17,20H,6-7,10,13,18-19H2,1-5H3,(H,27,31)/t20-/m1/s1. The summed E-state index contributed by atoms with van der Waals surface area (Å²) in [4.78, 5) is 27.4. The molecule has 0 aliphatic carbocycles. The molecule has 10 heteroatoms. The fraction of sp³-hybridized carbons (Fsp3) is 0.462. The molecule has 0 heterocycles. The van der Waals surface area contributed by atoms with E-state index in [2.05, 4.69) is 5.32 Å². The smallest absolute Gasteiger partial charge is 0.242 e. The van der Waals surface area contributed by atoms with Crippen molar-refractivity contribution < 1.29 is 27.5 Å². The number of para-hydroxylation sites is 2. The Kier molecular flexibility index (Phi) is 11.0. The minimum atomic E-state index is -3.62. The zero-order valence-corrected chi connectivity index (χ0v) is 22.5. The van der Waals surface area contributed by atoms with Crippen LogP contribution in [0.5, 0.6) is 11.5 Å². The number of hydrogen-bond acceptors (Lipinski definition) is 6. The average Bonchev–Trinajstić information content (AvgIpc) is 2.85. The Labute approximate surface area is 214 Å². The SMILES string of the molecule is CCNC(=O)[C@@H](C)N(Cc1ccc(OC)cc1)C(=O)CCCN(c1ccccc1OCC)S(C)(=O)=O. The molecule has 1 atom stereocenters. The van der Waals surface area contributed by atoms with Crippen LogP contribution in [0.15, 0.2) is 48.5 Å². The Morgan fingerprint density at radius 1 is 1.06 bits per heavy atom. The minimum Gasteiger partial charge on any atom is -0.497 e. The van der Waals surface area contributed by atoms with E-state index in [4.69, 9.17) is 9.47 Å². The second-order valence-corrected chi connectivity index (χ2v) is 10.2. The number of sulfonamides is 1. The maximum absolute atomic E-state index is 13.3. The average molecular weight is 520 g/mol. The first-order valence-electron chi connectivity index (χ1n) is 12.0. The van der Waals surface area contributed by atoms with Gasteiger partial charge in [-0.3, -0.25) is 13.9 Å². The number of rotatable bonds is 14. The van der Waals surface area contributed by atoms with Crippen LogP contribution in [0.25, 0.3) is 0 Å². The predicted octanol–water partition coefficient (Wildman–Crippen LogP) is 3.19. The van der Waals surface area contributed by atoms with Crippen LogP contribution in [0.2, 0.25) is 0 Å². The van der Waals surface area contributed by atoms with Gasteiger partial charge >= 0.3 is 0 Å². The molecule has 9 nitrogen and oxygen atoms in total. The summed E-state index contributed by atoms with van der Waals surface area (Å²) in [5.74, 6) is 0.670. The molecule has 2 amide bonds. The minimum absolute atomic E-state index is 0.0721. The number of carbonyl (C=O) groups excluding carboxylic acids is 2. The van der Waals surface area contributed by atoms with Crippen LogP contribution < -0.4 is 19.1 Å². The molecule has 36 heavy (non-hydrogen) atoms. The lowest BCUT2D eigenvalue weighted by Gasteiger charge is -2.29. The maximum Gasteiger partial charge on any atom is 0.242 e. The number of benzene rings is 2. The van der Waals surface area contributed by atoms with E-state index in [-0.39, 0.29) is 37.7 Å². The molecule has 198 valence electrons. The molecular formula is C26H37N3O6S. The van der Waals surface area contributed by atoms with Crippen LogP contribution in [0.4, 0.5) is 5.69 Å². The van der Waals surface area contributed by atoms with Crippen molar-refractivity contribution in [2.24, 2.45) is 0 Å². The van der Waals surface area contributed by atoms with Crippen molar-refractivity contribution in [2.75, 3.05) is 37.4 Å². The monoisotopic (exact) mass is 519 g/mol. The van der Waals surface area contributed by atoms with E-state index >= 15 is 0 Å². The topological polar surface area (TPSA) is 105 Å². The number of carbonyl (C=O) groups is 2. The van der Waals surface area contributed by atoms with Crippen molar-refractivity contribution in [3.05, 3.63) is 54.1 Å². The number of methoxy groups -OCH3 is 1. The molecule has 0 aromatic heterocycles. The van der Waals surface area contributed by atoms with E-state index in [0.717, 1.165) is 11.8 Å². The van der Waals surface area contributed by atoms with E-state index in [1.165, 1.54) is 9.21 Å². The Bertz CT molecular complexity index is 1100. The largest absolute Gasteiger partial charge is 0.497 e. The summed E-state index contributed by atoms with van der Waals surface area (Å²) >= 11 is 0. The number of hydrogen-bond donors (Lipinski definition) is 1. The third kappa shape index (κ3) is 8.15. The molecule has 0 spiro atoms. The fourth-order valence-corrected chi connectivity index (χ4v) is 4.72. The maximum atomic E-state index is 13.3. The summed E-state index contributed by atoms with van der Waals surface area (Å²) in [6, 6.07) is 13.5. The summed E-state index contributed by atoms with van der Waals surface area (Å²) < 4.78 is 37.2. The molecule has 0 bridgehead atoms. The summed E-state index contributed by atoms with van der Waals surface area (Å²) in [7, 11) is -2.04. The lowest BCUT2D eigenvalue weighted by atomic mass is 10.1. The molecule has 1 N–H and O–H groups in total. The molecule has 0 saturated heterocycles. The van der Waals surface area contributed by atoms with Gasteiger partial charge in [0.1, 0.15) is 17.5 Å². The molecule has 0 fully saturated rings. The predicted molar refractivity (Wildman–Crippen MR) is 141 cm³/mol. The zero-order chi connectivity index (χ0) is 26.7. The van der Waals surface area contributed by atoms with E-state index in [9.17, 15) is 18.0 Å². The van der Waals surface area contributed by atoms with Crippen molar-refractivity contribution in [1.29, 1.82) is 0 Å². The summed E-state index contributed by atoms with van der Waals surface area (Å²) in [6.07, 6.45) is 1.47. The zero-order valence-electron chi connectivity index (χ0n) is 21.7. The number of nitrogens with zero attached hydrogens (tertiary/aromatic N) is 2. The van der Waals surface area contributed by atoms with Crippen LogP contribution in [0, 0.1) is 0 Å². The molecule has 2 rings (SSSR count). The van der Waals surface area contributed by atoms with Gasteiger partial charge in [0, 0.05) is 26.1 Å². The first-order chi connectivity index (χ1) is 17.1. The van der Waals surface area contributed by atoms with Crippen molar-refractivity contribution in [1.82, 2.24) is 10.2 Å². The van der Waals surface area contributed by atoms with Gasteiger partial charge in [-0.1, -0.05) is 24.3 Å². The van der Waals surface area contributed by atoms with Crippen molar-refractivity contribution in [3.63, 3.8) is 0 Å². The molecule has 0 aliphatic heterocycles. The van der Waals surface area contributed by atoms with Gasteiger partial charge in [0.2, 0.25) is 21.8 Å². The van der Waals surface area contributed by atoms with E-state index in [0.29, 0.717) is 30.3 Å². The fourth-order valence-electron chi connectivity index (χ4n) is 3.76. The number of anilines is 1. The Balaban J connectivity index is 2.19. The molecule has 0 saturated carbocycles. The number of nitrogens with one attached hydrogen (secondary N) is 1. The molecule has 2 aromatic rings. The van der Waals surface area contributed by atoms with E-state index in [1.807, 2.05) is 26.0 Å². The molecule has 2 aromatic carbocycles. The highest BCUT2D eigenvalue weighted by atomic mass is 32.2. The normalized spacial score (nSPS) is 11.9. The van der Waals surface area contributed by atoms with Crippen LogP contribution >= 0.6 is 0 Å². The Morgan fingerprint density at radius 2 is 1.72 bits per heavy atom. The summed E-state index contributed by atoms with van der Waals surface area (Å²) in [5.41, 5.74) is 1.28. The van der Waals surface area contributed by atoms with Crippen LogP contribution in [0.1, 0.15) is 39.2 Å². The second kappa shape index (κ2) is 13.7. The highest BCUT2D eigenvalue weighted by Gasteiger charge is 2.27. The van der Waals surface area contributed by atoms with Crippen molar-refractivity contribution in [2.45, 2.75) is 46.2 Å². The van der Waals surface area contributed by atoms with Gasteiger partial charge in [-0.05, 0) is 57.0 Å². The quantitative estimate of drug-likeness (QED) is 0.411. The highest BCUT2D eigenvalue weighted by molar-refractivity contribution is 7.92. The number of ether oxygens (including phenoxy) is 2. The van der Waals surface area contributed by atoms with Gasteiger partial charge in [-0.15, -0.1) is 0 Å². The lowest BCUT2D eigenvalue weighted by molar-refractivity contribution is -0.140. The Hall–Kier alpha value is -3.27. The van der Waals surface area contributed by atoms with E-state index in [1.54, 1.807) is 50.4 Å². The molecule has 0 unspecified atom stereocenters. The highest BCUT2D eigenvalue weighted by Crippen LogP contribution is 2.30. The third-order valence-electron chi connectivity index (χ3n) is 5.62. The molecule has 0 aliphatic rings. The number of amides is 2. The van der Waals surface area contributed by atoms with Gasteiger partial charge in [-0.2, -0.15) is 0 Å².